The van der Waals surface area contributed by atoms with Gasteiger partial charge in [0.05, 0.1) is 0 Å². The van der Waals surface area contributed by atoms with Crippen LogP contribution in [0.4, 0.5) is 11.6 Å². The van der Waals surface area contributed by atoms with E-state index in [4.69, 9.17) is 0 Å². The molecule has 1 aromatic heterocycles. The summed E-state index contributed by atoms with van der Waals surface area (Å²) in [6.07, 6.45) is 1.11. The molecule has 1 N–H and O–H groups in total. The first kappa shape index (κ1) is 13.5. The molecule has 1 aliphatic rings. The fourth-order valence-electron chi connectivity index (χ4n) is 2.11. The summed E-state index contributed by atoms with van der Waals surface area (Å²) in [6, 6.07) is 0. The number of hydrogen-bond donors (Lipinski definition) is 1. The summed E-state index contributed by atoms with van der Waals surface area (Å²) in [5.74, 6) is 5.35. The van der Waals surface area contributed by atoms with Crippen molar-refractivity contribution in [3.8, 4) is 0 Å². The number of aryl methyl sites for hydroxylation is 1. The maximum Gasteiger partial charge on any atom is 0.137 e. The number of nitrogens with one attached hydrogen (secondary N) is 1. The van der Waals surface area contributed by atoms with Crippen LogP contribution in [0.2, 0.25) is 0 Å². The zero-order chi connectivity index (χ0) is 13.0. The molecule has 0 saturated carbocycles. The predicted molar refractivity (Wildman–Crippen MR) is 79.8 cm³/mol. The smallest absolute Gasteiger partial charge is 0.137 e. The molecule has 5 heteroatoms. The number of anilines is 2. The van der Waals surface area contributed by atoms with Crippen molar-refractivity contribution >= 4 is 23.4 Å². The van der Waals surface area contributed by atoms with E-state index in [1.54, 1.807) is 0 Å². The van der Waals surface area contributed by atoms with Gasteiger partial charge in [-0.05, 0) is 20.3 Å². The van der Waals surface area contributed by atoms with Gasteiger partial charge in [-0.15, -0.1) is 0 Å². The van der Waals surface area contributed by atoms with Gasteiger partial charge in [0.25, 0.3) is 0 Å². The summed E-state index contributed by atoms with van der Waals surface area (Å²) in [7, 11) is 0. The second kappa shape index (κ2) is 6.27. The van der Waals surface area contributed by atoms with Crippen molar-refractivity contribution in [1.29, 1.82) is 0 Å². The quantitative estimate of drug-likeness (QED) is 0.906. The maximum atomic E-state index is 4.63. The van der Waals surface area contributed by atoms with Gasteiger partial charge in [0, 0.05) is 36.7 Å². The van der Waals surface area contributed by atoms with E-state index < -0.39 is 0 Å². The van der Waals surface area contributed by atoms with E-state index in [2.05, 4.69) is 34.0 Å². The molecule has 2 rings (SSSR count). The van der Waals surface area contributed by atoms with Crippen molar-refractivity contribution < 1.29 is 0 Å². The van der Waals surface area contributed by atoms with E-state index in [1.807, 2.05) is 18.7 Å². The molecular formula is C13H22N4S. The Morgan fingerprint density at radius 1 is 1.22 bits per heavy atom. The second-order valence-electron chi connectivity index (χ2n) is 4.59. The summed E-state index contributed by atoms with van der Waals surface area (Å²) < 4.78 is 0. The Bertz CT molecular complexity index is 402. The largest absolute Gasteiger partial charge is 0.370 e. The topological polar surface area (TPSA) is 41.1 Å². The Kier molecular flexibility index (Phi) is 4.69. The van der Waals surface area contributed by atoms with Gasteiger partial charge in [-0.1, -0.05) is 6.92 Å². The Hall–Kier alpha value is -0.970. The molecule has 100 valence electrons. The highest BCUT2D eigenvalue weighted by Crippen LogP contribution is 2.25. The van der Waals surface area contributed by atoms with Crippen LogP contribution in [0.3, 0.4) is 0 Å². The van der Waals surface area contributed by atoms with Crippen LogP contribution in [-0.4, -0.2) is 41.1 Å². The number of aromatic nitrogens is 2. The Morgan fingerprint density at radius 3 is 2.61 bits per heavy atom. The summed E-state index contributed by atoms with van der Waals surface area (Å²) in [5, 5.41) is 3.40. The minimum atomic E-state index is 0.854. The van der Waals surface area contributed by atoms with Gasteiger partial charge in [0.1, 0.15) is 17.5 Å². The molecule has 0 radical (unpaired) electrons. The number of hydrogen-bond acceptors (Lipinski definition) is 5. The van der Waals surface area contributed by atoms with Crippen LogP contribution in [0.5, 0.6) is 0 Å². The van der Waals surface area contributed by atoms with Gasteiger partial charge >= 0.3 is 0 Å². The van der Waals surface area contributed by atoms with Crippen molar-refractivity contribution in [3.05, 3.63) is 11.4 Å². The SMILES string of the molecule is CCCNc1nc(C)nc(N2CCSCC2)c1C. The normalized spacial score (nSPS) is 15.8. The van der Waals surface area contributed by atoms with Crippen molar-refractivity contribution in [2.75, 3.05) is 41.4 Å². The Labute approximate surface area is 114 Å². The van der Waals surface area contributed by atoms with E-state index >= 15 is 0 Å². The number of nitrogens with zero attached hydrogens (tertiary/aromatic N) is 3. The highest BCUT2D eigenvalue weighted by molar-refractivity contribution is 7.99. The van der Waals surface area contributed by atoms with Crippen LogP contribution >= 0.6 is 11.8 Å². The lowest BCUT2D eigenvalue weighted by molar-refractivity contribution is 0.820. The van der Waals surface area contributed by atoms with Gasteiger partial charge in [0.15, 0.2) is 0 Å². The molecule has 0 bridgehead atoms. The molecule has 0 atom stereocenters. The lowest BCUT2D eigenvalue weighted by Gasteiger charge is -2.29. The lowest BCUT2D eigenvalue weighted by atomic mass is 10.2. The van der Waals surface area contributed by atoms with E-state index in [0.29, 0.717) is 0 Å². The molecule has 1 aromatic rings. The number of thioether (sulfide) groups is 1. The Balaban J connectivity index is 2.25. The van der Waals surface area contributed by atoms with Crippen molar-refractivity contribution in [1.82, 2.24) is 9.97 Å². The Morgan fingerprint density at radius 2 is 1.94 bits per heavy atom. The summed E-state index contributed by atoms with van der Waals surface area (Å²) in [4.78, 5) is 11.5. The summed E-state index contributed by atoms with van der Waals surface area (Å²) >= 11 is 2.02. The van der Waals surface area contributed by atoms with Crippen LogP contribution < -0.4 is 10.2 Å². The van der Waals surface area contributed by atoms with Crippen molar-refractivity contribution in [2.24, 2.45) is 0 Å². The third kappa shape index (κ3) is 3.07. The number of rotatable bonds is 4. The molecule has 0 unspecified atom stereocenters. The first-order valence-corrected chi connectivity index (χ1v) is 7.79. The third-order valence-corrected chi connectivity index (χ3v) is 4.03. The van der Waals surface area contributed by atoms with E-state index in [9.17, 15) is 0 Å². The molecule has 0 amide bonds. The minimum absolute atomic E-state index is 0.854. The molecule has 1 fully saturated rings. The highest BCUT2D eigenvalue weighted by atomic mass is 32.2. The van der Waals surface area contributed by atoms with E-state index in [1.165, 1.54) is 17.1 Å². The molecule has 1 saturated heterocycles. The average Bonchev–Trinajstić information content (AvgIpc) is 2.40. The van der Waals surface area contributed by atoms with Crippen LogP contribution in [0.25, 0.3) is 0 Å². The van der Waals surface area contributed by atoms with Crippen LogP contribution in [0, 0.1) is 13.8 Å². The zero-order valence-corrected chi connectivity index (χ0v) is 12.3. The first-order chi connectivity index (χ1) is 8.72. The monoisotopic (exact) mass is 266 g/mol. The van der Waals surface area contributed by atoms with Gasteiger partial charge < -0.3 is 10.2 Å². The van der Waals surface area contributed by atoms with Crippen molar-refractivity contribution in [3.63, 3.8) is 0 Å². The molecule has 18 heavy (non-hydrogen) atoms. The van der Waals surface area contributed by atoms with Crippen LogP contribution in [0.15, 0.2) is 0 Å². The molecule has 1 aliphatic heterocycles. The standard InChI is InChI=1S/C13H22N4S/c1-4-5-14-12-10(2)13(16-11(3)15-12)17-6-8-18-9-7-17/h4-9H2,1-3H3,(H,14,15,16). The lowest BCUT2D eigenvalue weighted by Crippen LogP contribution is -2.34. The van der Waals surface area contributed by atoms with Crippen LogP contribution in [0.1, 0.15) is 24.7 Å². The molecule has 4 nitrogen and oxygen atoms in total. The van der Waals surface area contributed by atoms with E-state index in [0.717, 1.165) is 43.5 Å². The zero-order valence-electron chi connectivity index (χ0n) is 11.5. The highest BCUT2D eigenvalue weighted by Gasteiger charge is 2.17. The molecule has 0 aliphatic carbocycles. The first-order valence-electron chi connectivity index (χ1n) is 6.64. The summed E-state index contributed by atoms with van der Waals surface area (Å²) in [5.41, 5.74) is 1.18. The van der Waals surface area contributed by atoms with Gasteiger partial charge in [0.2, 0.25) is 0 Å². The van der Waals surface area contributed by atoms with Crippen molar-refractivity contribution in [2.45, 2.75) is 27.2 Å². The van der Waals surface area contributed by atoms with Gasteiger partial charge in [-0.3, -0.25) is 0 Å². The average molecular weight is 266 g/mol. The fraction of sp³-hybridized carbons (Fsp3) is 0.692. The van der Waals surface area contributed by atoms with Gasteiger partial charge in [-0.2, -0.15) is 11.8 Å². The third-order valence-electron chi connectivity index (χ3n) is 3.08. The molecule has 2 heterocycles. The molecule has 0 spiro atoms. The second-order valence-corrected chi connectivity index (χ2v) is 5.82. The summed E-state index contributed by atoms with van der Waals surface area (Å²) in [6.45, 7) is 9.41. The van der Waals surface area contributed by atoms with Crippen LogP contribution in [-0.2, 0) is 0 Å². The maximum absolute atomic E-state index is 4.63. The molecule has 0 aromatic carbocycles. The van der Waals surface area contributed by atoms with Gasteiger partial charge in [-0.25, -0.2) is 9.97 Å². The minimum Gasteiger partial charge on any atom is -0.370 e. The molecular weight excluding hydrogens is 244 g/mol. The predicted octanol–water partition coefficient (Wildman–Crippen LogP) is 2.47. The van der Waals surface area contributed by atoms with E-state index in [-0.39, 0.29) is 0 Å². The fourth-order valence-corrected chi connectivity index (χ4v) is 3.02.